The van der Waals surface area contributed by atoms with Gasteiger partial charge in [0, 0.05) is 37.5 Å². The van der Waals surface area contributed by atoms with E-state index < -0.39 is 12.2 Å². The third-order valence-electron chi connectivity index (χ3n) is 3.88. The van der Waals surface area contributed by atoms with Gasteiger partial charge < -0.3 is 19.8 Å². The van der Waals surface area contributed by atoms with E-state index in [0.717, 1.165) is 12.0 Å². The number of carbonyl (C=O) groups excluding carboxylic acids is 1. The molecule has 0 spiro atoms. The highest BCUT2D eigenvalue weighted by Crippen LogP contribution is 2.17. The molecular weight excluding hydrogens is 296 g/mol. The maximum Gasteiger partial charge on any atom is 0.246 e. The fourth-order valence-electron chi connectivity index (χ4n) is 2.60. The highest BCUT2D eigenvalue weighted by atomic mass is 16.5. The highest BCUT2D eigenvalue weighted by Gasteiger charge is 2.33. The first kappa shape index (κ1) is 17.6. The SMILES string of the molecule is CCCN(C[C@@H]1COC[C@@H](O)[C@H]1O)C(=O)C=Cc1ccncc1. The van der Waals surface area contributed by atoms with Crippen molar-refractivity contribution in [2.45, 2.75) is 25.6 Å². The summed E-state index contributed by atoms with van der Waals surface area (Å²) >= 11 is 0. The van der Waals surface area contributed by atoms with Crippen LogP contribution in [0.3, 0.4) is 0 Å². The third kappa shape index (κ3) is 5.13. The van der Waals surface area contributed by atoms with Crippen molar-refractivity contribution in [1.82, 2.24) is 9.88 Å². The van der Waals surface area contributed by atoms with E-state index in [4.69, 9.17) is 4.74 Å². The minimum atomic E-state index is -0.889. The fourth-order valence-corrected chi connectivity index (χ4v) is 2.60. The second-order valence-electron chi connectivity index (χ2n) is 5.75. The summed E-state index contributed by atoms with van der Waals surface area (Å²) in [5, 5.41) is 19.7. The molecule has 0 radical (unpaired) electrons. The van der Waals surface area contributed by atoms with Crippen LogP contribution in [-0.4, -0.2) is 64.5 Å². The molecule has 23 heavy (non-hydrogen) atoms. The van der Waals surface area contributed by atoms with Gasteiger partial charge in [-0.05, 0) is 30.2 Å². The number of aromatic nitrogens is 1. The fraction of sp³-hybridized carbons (Fsp3) is 0.529. The van der Waals surface area contributed by atoms with Gasteiger partial charge in [-0.3, -0.25) is 9.78 Å². The smallest absolute Gasteiger partial charge is 0.246 e. The van der Waals surface area contributed by atoms with Gasteiger partial charge in [0.15, 0.2) is 0 Å². The summed E-state index contributed by atoms with van der Waals surface area (Å²) in [6.45, 7) is 3.45. The minimum Gasteiger partial charge on any atom is -0.390 e. The molecule has 6 heteroatoms. The second kappa shape index (κ2) is 8.76. The van der Waals surface area contributed by atoms with Gasteiger partial charge in [-0.1, -0.05) is 6.92 Å². The molecule has 0 unspecified atom stereocenters. The molecule has 3 atom stereocenters. The number of ether oxygens (including phenoxy) is 1. The van der Waals surface area contributed by atoms with Crippen LogP contribution in [-0.2, 0) is 9.53 Å². The topological polar surface area (TPSA) is 82.9 Å². The maximum absolute atomic E-state index is 12.4. The van der Waals surface area contributed by atoms with Crippen molar-refractivity contribution in [3.63, 3.8) is 0 Å². The summed E-state index contributed by atoms with van der Waals surface area (Å²) in [5.74, 6) is -0.389. The Kier molecular flexibility index (Phi) is 6.70. The summed E-state index contributed by atoms with van der Waals surface area (Å²) in [6, 6.07) is 3.64. The molecule has 1 aromatic rings. The molecule has 1 fully saturated rings. The molecule has 1 aliphatic heterocycles. The summed E-state index contributed by atoms with van der Waals surface area (Å²) in [6.07, 6.45) is 5.68. The van der Waals surface area contributed by atoms with Crippen LogP contribution in [0.4, 0.5) is 0 Å². The van der Waals surface area contributed by atoms with Gasteiger partial charge in [0.1, 0.15) is 6.10 Å². The molecule has 0 bridgehead atoms. The van der Waals surface area contributed by atoms with Crippen LogP contribution in [0.5, 0.6) is 0 Å². The molecule has 2 rings (SSSR count). The highest BCUT2D eigenvalue weighted by molar-refractivity contribution is 5.91. The van der Waals surface area contributed by atoms with E-state index in [0.29, 0.717) is 19.7 Å². The Morgan fingerprint density at radius 3 is 2.83 bits per heavy atom. The van der Waals surface area contributed by atoms with E-state index in [9.17, 15) is 15.0 Å². The number of rotatable bonds is 6. The van der Waals surface area contributed by atoms with Crippen molar-refractivity contribution in [1.29, 1.82) is 0 Å². The lowest BCUT2D eigenvalue weighted by molar-refractivity contribution is -0.138. The summed E-state index contributed by atoms with van der Waals surface area (Å²) in [4.78, 5) is 18.0. The first-order chi connectivity index (χ1) is 11.1. The van der Waals surface area contributed by atoms with Gasteiger partial charge in [-0.25, -0.2) is 0 Å². The van der Waals surface area contributed by atoms with Crippen LogP contribution in [0, 0.1) is 5.92 Å². The molecule has 0 aromatic carbocycles. The zero-order chi connectivity index (χ0) is 16.7. The number of aliphatic hydroxyl groups excluding tert-OH is 2. The standard InChI is InChI=1S/C17H24N2O4/c1-2-9-19(10-14-11-23-12-15(20)17(14)22)16(21)4-3-13-5-7-18-8-6-13/h3-8,14-15,17,20,22H,2,9-12H2,1H3/t14-,15-,17+/m1/s1. The summed E-state index contributed by atoms with van der Waals surface area (Å²) in [5.41, 5.74) is 0.904. The molecule has 0 saturated carbocycles. The zero-order valence-electron chi connectivity index (χ0n) is 13.3. The normalized spacial score (nSPS) is 24.7. The van der Waals surface area contributed by atoms with Crippen LogP contribution in [0.1, 0.15) is 18.9 Å². The molecule has 1 aliphatic rings. The van der Waals surface area contributed by atoms with Crippen LogP contribution in [0.25, 0.3) is 6.08 Å². The predicted octanol–water partition coefficient (Wildman–Crippen LogP) is 0.702. The summed E-state index contributed by atoms with van der Waals surface area (Å²) in [7, 11) is 0. The Morgan fingerprint density at radius 1 is 1.39 bits per heavy atom. The van der Waals surface area contributed by atoms with Gasteiger partial charge in [0.05, 0.1) is 19.3 Å². The van der Waals surface area contributed by atoms with Crippen molar-refractivity contribution in [2.24, 2.45) is 5.92 Å². The zero-order valence-corrected chi connectivity index (χ0v) is 13.3. The lowest BCUT2D eigenvalue weighted by Crippen LogP contribution is -2.49. The lowest BCUT2D eigenvalue weighted by atomic mass is 9.96. The van der Waals surface area contributed by atoms with Crippen molar-refractivity contribution in [3.05, 3.63) is 36.2 Å². The molecule has 1 aromatic heterocycles. The molecule has 6 nitrogen and oxygen atoms in total. The van der Waals surface area contributed by atoms with Crippen LogP contribution >= 0.6 is 0 Å². The van der Waals surface area contributed by atoms with Gasteiger partial charge in [0.25, 0.3) is 0 Å². The second-order valence-corrected chi connectivity index (χ2v) is 5.75. The number of carbonyl (C=O) groups is 1. The average Bonchev–Trinajstić information content (AvgIpc) is 2.57. The number of nitrogens with zero attached hydrogens (tertiary/aromatic N) is 2. The minimum absolute atomic E-state index is 0.115. The largest absolute Gasteiger partial charge is 0.390 e. The Balaban J connectivity index is 1.99. The monoisotopic (exact) mass is 320 g/mol. The van der Waals surface area contributed by atoms with E-state index in [1.165, 1.54) is 6.08 Å². The molecule has 1 saturated heterocycles. The Labute approximate surface area is 136 Å². The van der Waals surface area contributed by atoms with Crippen molar-refractivity contribution >= 4 is 12.0 Å². The van der Waals surface area contributed by atoms with Gasteiger partial charge in [-0.2, -0.15) is 0 Å². The van der Waals surface area contributed by atoms with Gasteiger partial charge in [0.2, 0.25) is 5.91 Å². The first-order valence-corrected chi connectivity index (χ1v) is 7.92. The van der Waals surface area contributed by atoms with Crippen molar-refractivity contribution in [3.8, 4) is 0 Å². The predicted molar refractivity (Wildman–Crippen MR) is 86.5 cm³/mol. The lowest BCUT2D eigenvalue weighted by Gasteiger charge is -2.35. The molecule has 2 heterocycles. The van der Waals surface area contributed by atoms with E-state index in [1.807, 2.05) is 19.1 Å². The number of hydrogen-bond donors (Lipinski definition) is 2. The average molecular weight is 320 g/mol. The molecule has 2 N–H and O–H groups in total. The molecule has 126 valence electrons. The third-order valence-corrected chi connectivity index (χ3v) is 3.88. The van der Waals surface area contributed by atoms with Crippen LogP contribution in [0.2, 0.25) is 0 Å². The molecule has 0 aliphatic carbocycles. The Bertz CT molecular complexity index is 521. The Hall–Kier alpha value is -1.76. The molecule has 1 amide bonds. The first-order valence-electron chi connectivity index (χ1n) is 7.92. The van der Waals surface area contributed by atoms with E-state index in [2.05, 4.69) is 4.98 Å². The number of hydrogen-bond acceptors (Lipinski definition) is 5. The quantitative estimate of drug-likeness (QED) is 0.754. The Morgan fingerprint density at radius 2 is 2.13 bits per heavy atom. The van der Waals surface area contributed by atoms with Gasteiger partial charge in [-0.15, -0.1) is 0 Å². The number of aliphatic hydroxyl groups is 2. The van der Waals surface area contributed by atoms with Crippen LogP contribution < -0.4 is 0 Å². The van der Waals surface area contributed by atoms with Gasteiger partial charge >= 0.3 is 0 Å². The molecular formula is C17H24N2O4. The number of pyridine rings is 1. The van der Waals surface area contributed by atoms with Crippen molar-refractivity contribution < 1.29 is 19.7 Å². The summed E-state index contributed by atoms with van der Waals surface area (Å²) < 4.78 is 5.28. The van der Waals surface area contributed by atoms with E-state index in [1.54, 1.807) is 23.4 Å². The van der Waals surface area contributed by atoms with Crippen molar-refractivity contribution in [2.75, 3.05) is 26.3 Å². The number of amides is 1. The van der Waals surface area contributed by atoms with E-state index in [-0.39, 0.29) is 18.4 Å². The maximum atomic E-state index is 12.4. The van der Waals surface area contributed by atoms with Crippen LogP contribution in [0.15, 0.2) is 30.6 Å². The van der Waals surface area contributed by atoms with E-state index >= 15 is 0 Å².